The molecule has 1 aliphatic carbocycles. The zero-order chi connectivity index (χ0) is 23.2. The van der Waals surface area contributed by atoms with Gasteiger partial charge in [-0.25, -0.2) is 15.0 Å². The molecule has 0 radical (unpaired) electrons. The first-order valence-corrected chi connectivity index (χ1v) is 10.4. The first kappa shape index (κ1) is 22.0. The van der Waals surface area contributed by atoms with Gasteiger partial charge < -0.3 is 20.9 Å². The molecular weight excluding hydrogens is 425 g/mol. The molecule has 2 aliphatic rings. The normalized spacial score (nSPS) is 22.8. The fourth-order valence-electron chi connectivity index (χ4n) is 4.05. The van der Waals surface area contributed by atoms with E-state index in [1.165, 1.54) is 0 Å². The monoisotopic (exact) mass is 450 g/mol. The minimum Gasteiger partial charge on any atom is -0.351 e. The number of anilines is 4. The molecule has 1 fully saturated rings. The number of alkyl halides is 3. The van der Waals surface area contributed by atoms with Crippen molar-refractivity contribution in [2.75, 3.05) is 27.9 Å². The Bertz CT molecular complexity index is 1010. The van der Waals surface area contributed by atoms with E-state index in [9.17, 15) is 18.0 Å². The summed E-state index contributed by atoms with van der Waals surface area (Å²) >= 11 is 0. The topological polar surface area (TPSA) is 108 Å². The van der Waals surface area contributed by atoms with Crippen molar-refractivity contribution in [3.63, 3.8) is 0 Å². The molecule has 0 saturated heterocycles. The highest BCUT2D eigenvalue weighted by Crippen LogP contribution is 2.35. The van der Waals surface area contributed by atoms with Crippen LogP contribution in [0.5, 0.6) is 0 Å². The van der Waals surface area contributed by atoms with Crippen molar-refractivity contribution in [3.8, 4) is 0 Å². The Morgan fingerprint density at radius 2 is 1.69 bits per heavy atom. The van der Waals surface area contributed by atoms with Crippen molar-refractivity contribution in [3.05, 3.63) is 23.7 Å². The standard InChI is InChI=1S/C20H25F3N8O/c1-9(2)15-17(32)29-14-10(3)26-19(30-16(14)31(15)4)28-13-5-12(6-13)27-18-24-7-11(8-25-18)20(21,22)23/h7-9,12-13,15H,5-6H2,1-4H3,(H,29,32)(H,24,25,27)(H,26,28,30)/t12-,13+,15-/m0/s1. The summed E-state index contributed by atoms with van der Waals surface area (Å²) in [6, 6.07) is -0.176. The lowest BCUT2D eigenvalue weighted by Crippen LogP contribution is -2.50. The molecule has 1 amide bonds. The smallest absolute Gasteiger partial charge is 0.351 e. The van der Waals surface area contributed by atoms with Crippen LogP contribution in [0.3, 0.4) is 0 Å². The van der Waals surface area contributed by atoms with E-state index in [1.54, 1.807) is 0 Å². The number of nitrogens with zero attached hydrogens (tertiary/aromatic N) is 5. The number of fused-ring (bicyclic) bond motifs is 1. The minimum atomic E-state index is -4.46. The Balaban J connectivity index is 1.37. The lowest BCUT2D eigenvalue weighted by atomic mass is 9.87. The molecule has 0 bridgehead atoms. The zero-order valence-electron chi connectivity index (χ0n) is 18.2. The Labute approximate surface area is 183 Å². The van der Waals surface area contributed by atoms with E-state index < -0.39 is 11.7 Å². The number of nitrogens with one attached hydrogen (secondary N) is 3. The number of hydrogen-bond donors (Lipinski definition) is 3. The van der Waals surface area contributed by atoms with Gasteiger partial charge in [-0.2, -0.15) is 18.2 Å². The number of carbonyl (C=O) groups is 1. The molecule has 0 aromatic carbocycles. The zero-order valence-corrected chi connectivity index (χ0v) is 18.2. The quantitative estimate of drug-likeness (QED) is 0.638. The van der Waals surface area contributed by atoms with Crippen LogP contribution >= 0.6 is 0 Å². The molecule has 3 N–H and O–H groups in total. The minimum absolute atomic E-state index is 0.0373. The van der Waals surface area contributed by atoms with Gasteiger partial charge in [0.05, 0.1) is 11.3 Å². The first-order valence-electron chi connectivity index (χ1n) is 10.4. The average Bonchev–Trinajstić information content (AvgIpc) is 2.67. The van der Waals surface area contributed by atoms with Gasteiger partial charge in [-0.3, -0.25) is 4.79 Å². The van der Waals surface area contributed by atoms with Crippen molar-refractivity contribution >= 4 is 29.3 Å². The fraction of sp³-hybridized carbons (Fsp3) is 0.550. The summed E-state index contributed by atoms with van der Waals surface area (Å²) in [5.41, 5.74) is 0.414. The van der Waals surface area contributed by atoms with Gasteiger partial charge in [-0.05, 0) is 25.7 Å². The highest BCUT2D eigenvalue weighted by Gasteiger charge is 2.36. The van der Waals surface area contributed by atoms with E-state index in [-0.39, 0.29) is 35.9 Å². The van der Waals surface area contributed by atoms with E-state index in [1.807, 2.05) is 32.7 Å². The Morgan fingerprint density at radius 3 is 2.25 bits per heavy atom. The van der Waals surface area contributed by atoms with Crippen LogP contribution in [0.1, 0.15) is 37.9 Å². The van der Waals surface area contributed by atoms with Crippen LogP contribution in [0.2, 0.25) is 0 Å². The number of likely N-dealkylation sites (N-methyl/N-ethyl adjacent to an activating group) is 1. The van der Waals surface area contributed by atoms with Crippen molar-refractivity contribution in [1.82, 2.24) is 19.9 Å². The average molecular weight is 450 g/mol. The maximum Gasteiger partial charge on any atom is 0.419 e. The van der Waals surface area contributed by atoms with Gasteiger partial charge in [0.2, 0.25) is 17.8 Å². The van der Waals surface area contributed by atoms with Gasteiger partial charge in [0.15, 0.2) is 5.82 Å². The summed E-state index contributed by atoms with van der Waals surface area (Å²) in [7, 11) is 1.85. The molecule has 3 heterocycles. The molecule has 4 rings (SSSR count). The number of aromatic nitrogens is 4. The summed E-state index contributed by atoms with van der Waals surface area (Å²) < 4.78 is 37.8. The molecule has 2 aromatic rings. The van der Waals surface area contributed by atoms with Gasteiger partial charge in [-0.15, -0.1) is 0 Å². The molecule has 1 atom stereocenters. The summed E-state index contributed by atoms with van der Waals surface area (Å²) in [5, 5.41) is 9.26. The summed E-state index contributed by atoms with van der Waals surface area (Å²) in [6.45, 7) is 5.80. The molecule has 0 spiro atoms. The Kier molecular flexibility index (Phi) is 5.55. The highest BCUT2D eigenvalue weighted by molar-refractivity contribution is 6.03. The van der Waals surface area contributed by atoms with Crippen LogP contribution in [0.25, 0.3) is 0 Å². The Morgan fingerprint density at radius 1 is 1.09 bits per heavy atom. The second kappa shape index (κ2) is 8.06. The number of aryl methyl sites for hydroxylation is 1. The maximum atomic E-state index is 12.6. The van der Waals surface area contributed by atoms with Gasteiger partial charge >= 0.3 is 6.18 Å². The summed E-state index contributed by atoms with van der Waals surface area (Å²) in [5.74, 6) is 1.36. The van der Waals surface area contributed by atoms with E-state index in [0.717, 1.165) is 12.4 Å². The third-order valence-electron chi connectivity index (χ3n) is 5.75. The van der Waals surface area contributed by atoms with Crippen molar-refractivity contribution in [1.29, 1.82) is 0 Å². The lowest BCUT2D eigenvalue weighted by molar-refractivity contribution is -0.138. The number of hydrogen-bond acceptors (Lipinski definition) is 8. The molecule has 1 saturated carbocycles. The van der Waals surface area contributed by atoms with Gasteiger partial charge in [0.1, 0.15) is 11.7 Å². The van der Waals surface area contributed by atoms with Crippen molar-refractivity contribution in [2.45, 2.75) is 57.9 Å². The molecular formula is C20H25F3N8O. The molecule has 1 aliphatic heterocycles. The molecule has 172 valence electrons. The molecule has 12 heteroatoms. The predicted octanol–water partition coefficient (Wildman–Crippen LogP) is 3.06. The number of amides is 1. The molecule has 0 unspecified atom stereocenters. The van der Waals surface area contributed by atoms with E-state index >= 15 is 0 Å². The van der Waals surface area contributed by atoms with Gasteiger partial charge in [0.25, 0.3) is 0 Å². The lowest BCUT2D eigenvalue weighted by Gasteiger charge is -2.38. The first-order chi connectivity index (χ1) is 15.0. The van der Waals surface area contributed by atoms with Crippen molar-refractivity contribution < 1.29 is 18.0 Å². The molecule has 2 aromatic heterocycles. The summed E-state index contributed by atoms with van der Waals surface area (Å²) in [4.78, 5) is 30.9. The van der Waals surface area contributed by atoms with E-state index in [0.29, 0.717) is 36.0 Å². The third-order valence-corrected chi connectivity index (χ3v) is 5.75. The second-order valence-corrected chi connectivity index (χ2v) is 8.57. The van der Waals surface area contributed by atoms with Crippen LogP contribution in [0, 0.1) is 12.8 Å². The number of rotatable bonds is 5. The van der Waals surface area contributed by atoms with Gasteiger partial charge in [0, 0.05) is 31.5 Å². The largest absolute Gasteiger partial charge is 0.419 e. The highest BCUT2D eigenvalue weighted by atomic mass is 19.4. The fourth-order valence-corrected chi connectivity index (χ4v) is 4.05. The van der Waals surface area contributed by atoms with Gasteiger partial charge in [-0.1, -0.05) is 13.8 Å². The number of carbonyl (C=O) groups excluding carboxylic acids is 1. The maximum absolute atomic E-state index is 12.6. The SMILES string of the molecule is Cc1nc(N[C@H]2C[C@@H](Nc3ncc(C(F)(F)F)cn3)C2)nc2c1NC(=O)[C@H](C(C)C)N2C. The number of halogens is 3. The van der Waals surface area contributed by atoms with E-state index in [2.05, 4.69) is 35.9 Å². The van der Waals surface area contributed by atoms with Crippen LogP contribution in [0.4, 0.5) is 36.6 Å². The Hall–Kier alpha value is -3.18. The molecule has 9 nitrogen and oxygen atoms in total. The second-order valence-electron chi connectivity index (χ2n) is 8.57. The van der Waals surface area contributed by atoms with Crippen LogP contribution in [-0.4, -0.2) is 51.0 Å². The van der Waals surface area contributed by atoms with Crippen molar-refractivity contribution in [2.24, 2.45) is 5.92 Å². The third kappa shape index (κ3) is 4.26. The van der Waals surface area contributed by atoms with Crippen LogP contribution in [0.15, 0.2) is 12.4 Å². The van der Waals surface area contributed by atoms with E-state index in [4.69, 9.17) is 0 Å². The van der Waals surface area contributed by atoms with Crippen LogP contribution < -0.4 is 20.9 Å². The summed E-state index contributed by atoms with van der Waals surface area (Å²) in [6.07, 6.45) is -1.49. The predicted molar refractivity (Wildman–Crippen MR) is 114 cm³/mol. The van der Waals surface area contributed by atoms with Crippen LogP contribution in [-0.2, 0) is 11.0 Å². The molecule has 32 heavy (non-hydrogen) atoms.